The molecule has 0 amide bonds. The number of allylic oxidation sites excluding steroid dienone is 2. The molecule has 4 aliphatic carbocycles. The molecule has 0 aromatic carbocycles. The van der Waals surface area contributed by atoms with Gasteiger partial charge in [0.1, 0.15) is 17.3 Å². The van der Waals surface area contributed by atoms with Crippen molar-refractivity contribution in [2.75, 3.05) is 0 Å². The lowest BCUT2D eigenvalue weighted by Crippen LogP contribution is -2.71. The largest absolute Gasteiger partial charge is 0.387 e. The van der Waals surface area contributed by atoms with Gasteiger partial charge < -0.3 is 19.7 Å². The van der Waals surface area contributed by atoms with Crippen molar-refractivity contribution in [3.8, 4) is 0 Å². The number of ketones is 2. The Morgan fingerprint density at radius 1 is 0.971 bits per heavy atom. The molecule has 6 nitrogen and oxygen atoms in total. The quantitative estimate of drug-likeness (QED) is 0.529. The van der Waals surface area contributed by atoms with Crippen molar-refractivity contribution < 1.29 is 29.3 Å². The van der Waals surface area contributed by atoms with Gasteiger partial charge in [0.2, 0.25) is 0 Å². The van der Waals surface area contributed by atoms with E-state index in [4.69, 9.17) is 9.47 Å². The Hall–Kier alpha value is -1.60. The van der Waals surface area contributed by atoms with Crippen LogP contribution in [-0.2, 0) is 19.1 Å². The minimum Gasteiger partial charge on any atom is -0.387 e. The third-order valence-electron chi connectivity index (χ3n) is 11.1. The first kappa shape index (κ1) is 22.8. The summed E-state index contributed by atoms with van der Waals surface area (Å²) in [5, 5.41) is 23.9. The lowest BCUT2D eigenvalue weighted by atomic mass is 9.47. The summed E-state index contributed by atoms with van der Waals surface area (Å²) in [5.74, 6) is -1.62. The second-order valence-electron chi connectivity index (χ2n) is 12.7. The molecule has 2 heterocycles. The van der Waals surface area contributed by atoms with Gasteiger partial charge in [-0.25, -0.2) is 0 Å². The van der Waals surface area contributed by atoms with Crippen molar-refractivity contribution in [2.45, 2.75) is 95.9 Å². The summed E-state index contributed by atoms with van der Waals surface area (Å²) in [5.41, 5.74) is -3.48. The van der Waals surface area contributed by atoms with Crippen LogP contribution in [0.25, 0.3) is 0 Å². The van der Waals surface area contributed by atoms with Gasteiger partial charge in [0, 0.05) is 40.2 Å². The number of ether oxygens (including phenoxy) is 2. The summed E-state index contributed by atoms with van der Waals surface area (Å²) in [7, 11) is 0. The molecule has 3 fully saturated rings. The van der Waals surface area contributed by atoms with Crippen molar-refractivity contribution in [1.82, 2.24) is 0 Å². The Labute approximate surface area is 201 Å². The maximum atomic E-state index is 13.5. The molecule has 9 unspecified atom stereocenters. The van der Waals surface area contributed by atoms with Crippen LogP contribution in [0.4, 0.5) is 0 Å². The highest BCUT2D eigenvalue weighted by Gasteiger charge is 2.78. The number of rotatable bonds is 0. The Bertz CT molecular complexity index is 1120. The predicted molar refractivity (Wildman–Crippen MR) is 124 cm³/mol. The maximum absolute atomic E-state index is 13.5. The Balaban J connectivity index is 1.59. The Morgan fingerprint density at radius 3 is 2.32 bits per heavy atom. The van der Waals surface area contributed by atoms with E-state index in [0.717, 1.165) is 6.42 Å². The third-order valence-corrected chi connectivity index (χ3v) is 11.1. The number of aliphatic hydroxyl groups excluding tert-OH is 1. The monoisotopic (exact) mass is 468 g/mol. The standard InChI is InChI=1S/C28H36O6/c1-15-18-8-10-27(34-28(15)22(31)16(2)23(3,4)33-28)21-14-20(30)19-13-17(29)7-9-24(19,5)26(21,32)12-11-25(18,27)6/h11-16,18,22,31-32H,7-10H2,1-6H3. The third kappa shape index (κ3) is 2.20. The van der Waals surface area contributed by atoms with E-state index in [1.54, 1.807) is 0 Å². The summed E-state index contributed by atoms with van der Waals surface area (Å²) < 4.78 is 13.7. The molecule has 2 bridgehead atoms. The number of fused-ring (bicyclic) bond motifs is 3. The lowest BCUT2D eigenvalue weighted by Gasteiger charge is -2.65. The predicted octanol–water partition coefficient (Wildman–Crippen LogP) is 3.42. The van der Waals surface area contributed by atoms with Gasteiger partial charge in [-0.1, -0.05) is 39.8 Å². The van der Waals surface area contributed by atoms with Gasteiger partial charge in [-0.3, -0.25) is 9.59 Å². The fraction of sp³-hybridized carbons (Fsp3) is 0.714. The zero-order chi connectivity index (χ0) is 24.7. The first-order chi connectivity index (χ1) is 15.7. The Morgan fingerprint density at radius 2 is 1.68 bits per heavy atom. The molecule has 1 saturated carbocycles. The molecule has 9 atom stereocenters. The minimum absolute atomic E-state index is 0.0783. The molecule has 1 spiro atoms. The van der Waals surface area contributed by atoms with Gasteiger partial charge in [0.05, 0.1) is 5.60 Å². The summed E-state index contributed by atoms with van der Waals surface area (Å²) in [4.78, 5) is 25.6. The van der Waals surface area contributed by atoms with Crippen LogP contribution >= 0.6 is 0 Å². The van der Waals surface area contributed by atoms with Crippen LogP contribution in [0, 0.1) is 28.6 Å². The van der Waals surface area contributed by atoms with Crippen LogP contribution in [-0.4, -0.2) is 50.5 Å². The van der Waals surface area contributed by atoms with Crippen molar-refractivity contribution in [1.29, 1.82) is 0 Å². The molecule has 184 valence electrons. The highest BCUT2D eigenvalue weighted by atomic mass is 16.7. The lowest BCUT2D eigenvalue weighted by molar-refractivity contribution is -0.373. The highest BCUT2D eigenvalue weighted by molar-refractivity contribution is 6.12. The van der Waals surface area contributed by atoms with Crippen LogP contribution < -0.4 is 0 Å². The van der Waals surface area contributed by atoms with E-state index in [2.05, 4.69) is 19.9 Å². The average molecular weight is 469 g/mol. The molecule has 2 aliphatic heterocycles. The van der Waals surface area contributed by atoms with Gasteiger partial charge in [-0.05, 0) is 51.2 Å². The zero-order valence-electron chi connectivity index (χ0n) is 21.0. The summed E-state index contributed by atoms with van der Waals surface area (Å²) >= 11 is 0. The molecule has 6 rings (SSSR count). The van der Waals surface area contributed by atoms with Crippen LogP contribution in [0.1, 0.15) is 67.2 Å². The highest BCUT2D eigenvalue weighted by Crippen LogP contribution is 2.73. The fourth-order valence-electron chi connectivity index (χ4n) is 8.53. The summed E-state index contributed by atoms with van der Waals surface area (Å²) in [6.07, 6.45) is 8.22. The van der Waals surface area contributed by atoms with Gasteiger partial charge in [-0.15, -0.1) is 0 Å². The molecule has 0 aromatic rings. The molecule has 0 radical (unpaired) electrons. The van der Waals surface area contributed by atoms with Crippen molar-refractivity contribution in [3.63, 3.8) is 0 Å². The summed E-state index contributed by atoms with van der Waals surface area (Å²) in [6, 6.07) is 0. The van der Waals surface area contributed by atoms with E-state index in [-0.39, 0.29) is 29.3 Å². The summed E-state index contributed by atoms with van der Waals surface area (Å²) in [6.45, 7) is 12.1. The molecule has 6 heteroatoms. The second kappa shape index (κ2) is 6.20. The number of carbonyl (C=O) groups is 2. The van der Waals surface area contributed by atoms with Crippen LogP contribution in [0.2, 0.25) is 0 Å². The number of hydrogen-bond donors (Lipinski definition) is 2. The minimum atomic E-state index is -1.46. The van der Waals surface area contributed by atoms with E-state index >= 15 is 0 Å². The van der Waals surface area contributed by atoms with Crippen LogP contribution in [0.15, 0.2) is 35.5 Å². The van der Waals surface area contributed by atoms with Gasteiger partial charge in [0.15, 0.2) is 17.4 Å². The molecular weight excluding hydrogens is 432 g/mol. The molecule has 2 saturated heterocycles. The van der Waals surface area contributed by atoms with Gasteiger partial charge in [0.25, 0.3) is 0 Å². The van der Waals surface area contributed by atoms with E-state index < -0.39 is 39.5 Å². The fourth-order valence-corrected chi connectivity index (χ4v) is 8.53. The first-order valence-electron chi connectivity index (χ1n) is 12.7. The average Bonchev–Trinajstić information content (AvgIpc) is 3.09. The smallest absolute Gasteiger partial charge is 0.199 e. The van der Waals surface area contributed by atoms with E-state index in [9.17, 15) is 19.8 Å². The van der Waals surface area contributed by atoms with E-state index in [0.29, 0.717) is 30.4 Å². The SMILES string of the molecule is CC1C(O)C2(OC1(C)C)OC13CCC(C2C)C1(C)C=CC1(O)C3=CC(=O)C2=CC(=O)CCC21C. The van der Waals surface area contributed by atoms with E-state index in [1.165, 1.54) is 12.2 Å². The zero-order valence-corrected chi connectivity index (χ0v) is 21.0. The maximum Gasteiger partial charge on any atom is 0.199 e. The normalized spacial score (nSPS) is 54.9. The topological polar surface area (TPSA) is 93.1 Å². The van der Waals surface area contributed by atoms with E-state index in [1.807, 2.05) is 33.8 Å². The van der Waals surface area contributed by atoms with Crippen LogP contribution in [0.5, 0.6) is 0 Å². The van der Waals surface area contributed by atoms with Crippen LogP contribution in [0.3, 0.4) is 0 Å². The molecule has 34 heavy (non-hydrogen) atoms. The van der Waals surface area contributed by atoms with Gasteiger partial charge >= 0.3 is 0 Å². The van der Waals surface area contributed by atoms with Gasteiger partial charge in [-0.2, -0.15) is 0 Å². The second-order valence-corrected chi connectivity index (χ2v) is 12.7. The number of aliphatic hydroxyl groups is 2. The molecule has 6 aliphatic rings. The number of hydrogen-bond acceptors (Lipinski definition) is 6. The molecule has 0 aromatic heterocycles. The van der Waals surface area contributed by atoms with Crippen molar-refractivity contribution >= 4 is 11.6 Å². The number of carbonyl (C=O) groups excluding carboxylic acids is 2. The molecular formula is C28H36O6. The molecule has 2 N–H and O–H groups in total. The van der Waals surface area contributed by atoms with Crippen molar-refractivity contribution in [2.24, 2.45) is 28.6 Å². The van der Waals surface area contributed by atoms with Crippen molar-refractivity contribution in [3.05, 3.63) is 35.5 Å². The Kier molecular flexibility index (Phi) is 4.17. The first-order valence-corrected chi connectivity index (χ1v) is 12.7.